The lowest BCUT2D eigenvalue weighted by Crippen LogP contribution is -2.51. The van der Waals surface area contributed by atoms with Crippen LogP contribution in [0, 0.1) is 18.3 Å². The van der Waals surface area contributed by atoms with Gasteiger partial charge < -0.3 is 18.9 Å². The van der Waals surface area contributed by atoms with E-state index in [0.29, 0.717) is 68.5 Å². The van der Waals surface area contributed by atoms with Gasteiger partial charge in [-0.05, 0) is 38.2 Å². The summed E-state index contributed by atoms with van der Waals surface area (Å²) >= 11 is 0. The second kappa shape index (κ2) is 10.7. The molecule has 3 heterocycles. The van der Waals surface area contributed by atoms with Crippen LogP contribution < -0.4 is 4.74 Å². The van der Waals surface area contributed by atoms with Crippen LogP contribution in [0.5, 0.6) is 5.75 Å². The molecule has 2 fully saturated rings. The molecule has 1 amide bonds. The van der Waals surface area contributed by atoms with Crippen LogP contribution >= 0.6 is 0 Å². The van der Waals surface area contributed by atoms with E-state index in [1.807, 2.05) is 38.1 Å². The fourth-order valence-corrected chi connectivity index (χ4v) is 5.10. The summed E-state index contributed by atoms with van der Waals surface area (Å²) in [6, 6.07) is 7.38. The summed E-state index contributed by atoms with van der Waals surface area (Å²) in [5.74, 6) is -1.07. The zero-order chi connectivity index (χ0) is 26.8. The van der Waals surface area contributed by atoms with Gasteiger partial charge in [-0.2, -0.15) is 13.2 Å². The summed E-state index contributed by atoms with van der Waals surface area (Å²) in [5.41, 5.74) is 0.473. The fraction of sp³-hybridized carbons (Fsp3) is 0.577. The monoisotopic (exact) mass is 523 g/mol. The molecule has 11 heteroatoms. The van der Waals surface area contributed by atoms with E-state index >= 15 is 0 Å². The van der Waals surface area contributed by atoms with E-state index in [1.54, 1.807) is 16.7 Å². The molecular weight excluding hydrogens is 491 g/mol. The standard InChI is InChI=1S/C26H32F3N3O5/c1-17(2)16-35-21-7-5-4-6-19(21)15-32-13-10-25(23(32)36-24(34)26(27,28)29)8-11-31(12-9-25)22(33)20-14-30-37-18(20)3/h4-7,14,17,23H,8-13,15-16H2,1-3H3. The number of halogens is 3. The van der Waals surface area contributed by atoms with Gasteiger partial charge in [0.25, 0.3) is 5.91 Å². The minimum atomic E-state index is -5.10. The molecule has 37 heavy (non-hydrogen) atoms. The zero-order valence-corrected chi connectivity index (χ0v) is 21.2. The molecule has 2 saturated heterocycles. The molecule has 0 saturated carbocycles. The second-order valence-electron chi connectivity index (χ2n) is 10.2. The van der Waals surface area contributed by atoms with Crippen molar-refractivity contribution in [3.8, 4) is 5.75 Å². The average molecular weight is 524 g/mol. The molecule has 2 aromatic rings. The molecule has 1 aromatic carbocycles. The van der Waals surface area contributed by atoms with E-state index in [1.165, 1.54) is 6.20 Å². The van der Waals surface area contributed by atoms with Crippen LogP contribution in [0.3, 0.4) is 0 Å². The molecule has 2 aliphatic rings. The van der Waals surface area contributed by atoms with E-state index in [4.69, 9.17) is 14.0 Å². The number of esters is 1. The average Bonchev–Trinajstić information content (AvgIpc) is 3.42. The normalized spacial score (nSPS) is 20.0. The number of likely N-dealkylation sites (tertiary alicyclic amines) is 2. The highest BCUT2D eigenvalue weighted by Gasteiger charge is 2.54. The first kappa shape index (κ1) is 27.0. The number of aryl methyl sites for hydroxylation is 1. The first-order valence-corrected chi connectivity index (χ1v) is 12.4. The first-order chi connectivity index (χ1) is 17.5. The number of alkyl halides is 3. The Hall–Kier alpha value is -3.08. The quantitative estimate of drug-likeness (QED) is 0.491. The molecular formula is C26H32F3N3O5. The number of hydrogen-bond acceptors (Lipinski definition) is 7. The van der Waals surface area contributed by atoms with Gasteiger partial charge in [0, 0.05) is 37.2 Å². The SMILES string of the molecule is Cc1oncc1C(=O)N1CCC2(CC1)CCN(Cc1ccccc1OCC(C)C)C2OC(=O)C(F)(F)F. The number of aromatic nitrogens is 1. The number of carbonyl (C=O) groups excluding carboxylic acids is 2. The largest absolute Gasteiger partial charge is 0.493 e. The van der Waals surface area contributed by atoms with Crippen molar-refractivity contribution in [3.05, 3.63) is 47.3 Å². The van der Waals surface area contributed by atoms with Gasteiger partial charge in [0.1, 0.15) is 17.1 Å². The van der Waals surface area contributed by atoms with Gasteiger partial charge >= 0.3 is 12.1 Å². The predicted molar refractivity (Wildman–Crippen MR) is 127 cm³/mol. The summed E-state index contributed by atoms with van der Waals surface area (Å²) in [6.07, 6.45) is -3.45. The maximum absolute atomic E-state index is 13.2. The van der Waals surface area contributed by atoms with Gasteiger partial charge in [-0.1, -0.05) is 37.2 Å². The number of hydrogen-bond donors (Lipinski definition) is 0. The smallest absolute Gasteiger partial charge is 0.490 e. The molecule has 4 rings (SSSR count). The molecule has 0 radical (unpaired) electrons. The molecule has 0 aliphatic carbocycles. The molecule has 0 bridgehead atoms. The fourth-order valence-electron chi connectivity index (χ4n) is 5.10. The summed E-state index contributed by atoms with van der Waals surface area (Å²) in [6.45, 7) is 7.58. The van der Waals surface area contributed by atoms with Crippen molar-refractivity contribution in [1.29, 1.82) is 0 Å². The third-order valence-corrected chi connectivity index (χ3v) is 7.15. The third-order valence-electron chi connectivity index (χ3n) is 7.15. The lowest BCUT2D eigenvalue weighted by molar-refractivity contribution is -0.220. The molecule has 0 N–H and O–H groups in total. The second-order valence-corrected chi connectivity index (χ2v) is 10.2. The van der Waals surface area contributed by atoms with Gasteiger partial charge in [0.05, 0.1) is 12.8 Å². The van der Waals surface area contributed by atoms with E-state index in [0.717, 1.165) is 5.56 Å². The molecule has 1 aromatic heterocycles. The van der Waals surface area contributed by atoms with Gasteiger partial charge in [-0.15, -0.1) is 0 Å². The first-order valence-electron chi connectivity index (χ1n) is 12.4. The van der Waals surface area contributed by atoms with Crippen LogP contribution in [-0.2, 0) is 16.1 Å². The van der Waals surface area contributed by atoms with Crippen molar-refractivity contribution in [3.63, 3.8) is 0 Å². The van der Waals surface area contributed by atoms with E-state index in [-0.39, 0.29) is 12.5 Å². The highest BCUT2D eigenvalue weighted by atomic mass is 19.4. The summed E-state index contributed by atoms with van der Waals surface area (Å²) < 4.78 is 55.8. The molecule has 2 aliphatic heterocycles. The highest BCUT2D eigenvalue weighted by Crippen LogP contribution is 2.47. The molecule has 202 valence electrons. The lowest BCUT2D eigenvalue weighted by atomic mass is 9.76. The number of carbonyl (C=O) groups is 2. The van der Waals surface area contributed by atoms with Crippen LogP contribution in [0.25, 0.3) is 0 Å². The number of rotatable bonds is 7. The number of piperidine rings is 1. The van der Waals surface area contributed by atoms with E-state index in [2.05, 4.69) is 5.16 Å². The topological polar surface area (TPSA) is 85.1 Å². The molecule has 8 nitrogen and oxygen atoms in total. The van der Waals surface area contributed by atoms with Crippen molar-refractivity contribution < 1.29 is 36.8 Å². The maximum atomic E-state index is 13.2. The van der Waals surface area contributed by atoms with Crippen LogP contribution in [0.4, 0.5) is 13.2 Å². The Kier molecular flexibility index (Phi) is 7.82. The Bertz CT molecular complexity index is 1110. The number of nitrogens with zero attached hydrogens (tertiary/aromatic N) is 3. The van der Waals surface area contributed by atoms with Crippen LogP contribution in [0.2, 0.25) is 0 Å². The molecule has 1 atom stereocenters. The van der Waals surface area contributed by atoms with Crippen LogP contribution in [0.1, 0.15) is 54.8 Å². The van der Waals surface area contributed by atoms with Gasteiger partial charge in [0.2, 0.25) is 0 Å². The Labute approximate surface area is 213 Å². The number of ether oxygens (including phenoxy) is 2. The van der Waals surface area contributed by atoms with Crippen LogP contribution in [0.15, 0.2) is 35.0 Å². The highest BCUT2D eigenvalue weighted by molar-refractivity contribution is 5.94. The third kappa shape index (κ3) is 5.92. The van der Waals surface area contributed by atoms with Crippen molar-refractivity contribution in [2.24, 2.45) is 11.3 Å². The minimum absolute atomic E-state index is 0.233. The Morgan fingerprint density at radius 2 is 1.84 bits per heavy atom. The molecule has 1 spiro atoms. The zero-order valence-electron chi connectivity index (χ0n) is 21.2. The van der Waals surface area contributed by atoms with E-state index < -0.39 is 23.8 Å². The number of para-hydroxylation sites is 1. The van der Waals surface area contributed by atoms with Gasteiger partial charge in [-0.3, -0.25) is 9.69 Å². The molecule has 1 unspecified atom stereocenters. The summed E-state index contributed by atoms with van der Waals surface area (Å²) in [7, 11) is 0. The van der Waals surface area contributed by atoms with Crippen molar-refractivity contribution in [2.75, 3.05) is 26.2 Å². The van der Waals surface area contributed by atoms with Crippen molar-refractivity contribution in [2.45, 2.75) is 59.0 Å². The number of amides is 1. The van der Waals surface area contributed by atoms with Gasteiger partial charge in [0.15, 0.2) is 6.23 Å². The Balaban J connectivity index is 1.53. The van der Waals surface area contributed by atoms with Crippen LogP contribution in [-0.4, -0.2) is 65.5 Å². The minimum Gasteiger partial charge on any atom is -0.493 e. The van der Waals surface area contributed by atoms with E-state index in [9.17, 15) is 22.8 Å². The van der Waals surface area contributed by atoms with Gasteiger partial charge in [-0.25, -0.2) is 4.79 Å². The number of benzene rings is 1. The maximum Gasteiger partial charge on any atom is 0.490 e. The van der Waals surface area contributed by atoms with Crippen molar-refractivity contribution in [1.82, 2.24) is 15.0 Å². The Morgan fingerprint density at radius 3 is 2.46 bits per heavy atom. The summed E-state index contributed by atoms with van der Waals surface area (Å²) in [5, 5.41) is 3.65. The Morgan fingerprint density at radius 1 is 1.16 bits per heavy atom. The predicted octanol–water partition coefficient (Wildman–Crippen LogP) is 4.58. The lowest BCUT2D eigenvalue weighted by Gasteiger charge is -2.43. The van der Waals surface area contributed by atoms with Crippen molar-refractivity contribution >= 4 is 11.9 Å². The summed E-state index contributed by atoms with van der Waals surface area (Å²) in [4.78, 5) is 28.3.